The molecule has 0 N–H and O–H groups in total. The minimum absolute atomic E-state index is 0.333. The van der Waals surface area contributed by atoms with Crippen LogP contribution in [0.1, 0.15) is 34.6 Å². The lowest BCUT2D eigenvalue weighted by molar-refractivity contribution is -0.522. The van der Waals surface area contributed by atoms with Gasteiger partial charge in [-0.05, 0) is 27.0 Å². The van der Waals surface area contributed by atoms with E-state index < -0.39 is 23.3 Å². The van der Waals surface area contributed by atoms with Gasteiger partial charge in [0.25, 0.3) is 0 Å². The van der Waals surface area contributed by atoms with Crippen LogP contribution in [0.4, 0.5) is 0 Å². The third-order valence-electron chi connectivity index (χ3n) is 7.85. The first-order chi connectivity index (χ1) is 11.2. The van der Waals surface area contributed by atoms with Gasteiger partial charge in [-0.2, -0.15) is 0 Å². The van der Waals surface area contributed by atoms with Gasteiger partial charge in [-0.25, -0.2) is 4.58 Å². The van der Waals surface area contributed by atoms with Crippen LogP contribution in [0.25, 0.3) is 0 Å². The van der Waals surface area contributed by atoms with Crippen LogP contribution in [0.5, 0.6) is 0 Å². The van der Waals surface area contributed by atoms with Crippen LogP contribution in [0.2, 0.25) is 56.4 Å². The Morgan fingerprint density at radius 1 is 0.960 bits per heavy atom. The van der Waals surface area contributed by atoms with Crippen molar-refractivity contribution in [2.24, 2.45) is 0 Å². The monoisotopic (exact) mass is 414 g/mol. The van der Waals surface area contributed by atoms with Gasteiger partial charge in [-0.15, -0.1) is 11.8 Å². The summed E-state index contributed by atoms with van der Waals surface area (Å²) < 4.78 is 2.72. The third kappa shape index (κ3) is 3.36. The fourth-order valence-electron chi connectivity index (χ4n) is 4.29. The standard InChI is InChI=1S/C20H44NSSi3/c1-14-21(15-2)18-17(25(12,13)24(10,11)16(3)4)19(22-6)20(18,5)23(7,8)9/h16H,14-15H2,1-13H3/q+1. The Morgan fingerprint density at radius 2 is 1.40 bits per heavy atom. The van der Waals surface area contributed by atoms with Crippen LogP contribution < -0.4 is 0 Å². The smallest absolute Gasteiger partial charge is 0.183 e. The predicted octanol–water partition coefficient (Wildman–Crippen LogP) is 6.65. The Hall–Kier alpha value is 0.411. The van der Waals surface area contributed by atoms with Crippen molar-refractivity contribution in [1.82, 2.24) is 0 Å². The summed E-state index contributed by atoms with van der Waals surface area (Å²) in [6.45, 7) is 32.9. The summed E-state index contributed by atoms with van der Waals surface area (Å²) in [7, 11) is -4.14. The Morgan fingerprint density at radius 3 is 1.68 bits per heavy atom. The molecule has 1 rings (SSSR count). The molecule has 5 heteroatoms. The number of nitrogens with zero attached hydrogens (tertiary/aromatic N) is 1. The zero-order valence-corrected chi connectivity index (χ0v) is 23.2. The van der Waals surface area contributed by atoms with E-state index in [4.69, 9.17) is 0 Å². The van der Waals surface area contributed by atoms with Gasteiger partial charge in [-0.3, -0.25) is 0 Å². The van der Waals surface area contributed by atoms with Crippen molar-refractivity contribution in [3.8, 4) is 0 Å². The van der Waals surface area contributed by atoms with Crippen molar-refractivity contribution in [2.45, 2.75) is 91.0 Å². The third-order valence-corrected chi connectivity index (χ3v) is 32.7. The SMILES string of the molecule is CC[N+](CC)=C1C([Si](C)(C)[Si](C)(C)C(C)C)=C(SC)C1(C)[Si](C)(C)C. The lowest BCUT2D eigenvalue weighted by Crippen LogP contribution is -2.67. The van der Waals surface area contributed by atoms with Crippen molar-refractivity contribution < 1.29 is 4.58 Å². The molecule has 1 nitrogen and oxygen atoms in total. The van der Waals surface area contributed by atoms with Crippen LogP contribution in [-0.4, -0.2) is 52.9 Å². The number of rotatable bonds is 7. The molecule has 25 heavy (non-hydrogen) atoms. The lowest BCUT2D eigenvalue weighted by atomic mass is 9.90. The summed E-state index contributed by atoms with van der Waals surface area (Å²) in [5.74, 6) is 0. The van der Waals surface area contributed by atoms with Gasteiger partial charge in [0.15, 0.2) is 5.71 Å². The summed E-state index contributed by atoms with van der Waals surface area (Å²) in [6.07, 6.45) is 2.33. The molecule has 0 aliphatic heterocycles. The van der Waals surface area contributed by atoms with E-state index in [1.807, 2.05) is 5.20 Å². The van der Waals surface area contributed by atoms with Crippen molar-refractivity contribution in [3.05, 3.63) is 10.1 Å². The summed E-state index contributed by atoms with van der Waals surface area (Å²) in [5.41, 5.74) is 2.61. The second kappa shape index (κ2) is 7.44. The van der Waals surface area contributed by atoms with E-state index in [1.165, 1.54) is 0 Å². The van der Waals surface area contributed by atoms with Gasteiger partial charge < -0.3 is 0 Å². The van der Waals surface area contributed by atoms with Gasteiger partial charge in [-0.1, -0.05) is 65.2 Å². The van der Waals surface area contributed by atoms with Crippen molar-refractivity contribution in [2.75, 3.05) is 19.3 Å². The summed E-state index contributed by atoms with van der Waals surface area (Å²) >= 11 is 2.07. The quantitative estimate of drug-likeness (QED) is 0.333. The molecule has 0 radical (unpaired) electrons. The highest BCUT2D eigenvalue weighted by atomic mass is 32.2. The molecule has 0 spiro atoms. The maximum absolute atomic E-state index is 2.72. The van der Waals surface area contributed by atoms with Gasteiger partial charge in [0, 0.05) is 17.7 Å². The van der Waals surface area contributed by atoms with Crippen molar-refractivity contribution in [1.29, 1.82) is 0 Å². The van der Waals surface area contributed by atoms with Crippen molar-refractivity contribution >= 4 is 40.7 Å². The molecular formula is C20H44NSSi3+. The van der Waals surface area contributed by atoms with Gasteiger partial charge >= 0.3 is 0 Å². The lowest BCUT2D eigenvalue weighted by Gasteiger charge is -2.55. The fourth-order valence-corrected chi connectivity index (χ4v) is 20.6. The molecule has 0 saturated heterocycles. The van der Waals surface area contributed by atoms with Gasteiger partial charge in [0.2, 0.25) is 0 Å². The van der Waals surface area contributed by atoms with E-state index in [-0.39, 0.29) is 0 Å². The minimum Gasteiger partial charge on any atom is -0.234 e. The zero-order chi connectivity index (χ0) is 20.0. The second-order valence-electron chi connectivity index (χ2n) is 10.3. The van der Waals surface area contributed by atoms with Crippen LogP contribution in [-0.2, 0) is 0 Å². The van der Waals surface area contributed by atoms with E-state index in [9.17, 15) is 0 Å². The topological polar surface area (TPSA) is 3.01 Å². The molecule has 146 valence electrons. The molecule has 1 aliphatic carbocycles. The van der Waals surface area contributed by atoms with E-state index in [0.717, 1.165) is 18.6 Å². The first kappa shape index (κ1) is 23.5. The molecule has 0 bridgehead atoms. The van der Waals surface area contributed by atoms with E-state index in [1.54, 1.807) is 10.6 Å². The van der Waals surface area contributed by atoms with E-state index in [0.29, 0.717) is 5.04 Å². The first-order valence-electron chi connectivity index (χ1n) is 10.1. The Kier molecular flexibility index (Phi) is 6.98. The minimum atomic E-state index is -1.48. The van der Waals surface area contributed by atoms with E-state index >= 15 is 0 Å². The highest BCUT2D eigenvalue weighted by Crippen LogP contribution is 2.63. The molecule has 1 aliphatic rings. The van der Waals surface area contributed by atoms with Crippen LogP contribution in [0, 0.1) is 0 Å². The summed E-state index contributed by atoms with van der Waals surface area (Å²) in [5, 5.41) is 2.19. The number of allylic oxidation sites excluding steroid dienone is 2. The maximum Gasteiger partial charge on any atom is 0.183 e. The van der Waals surface area contributed by atoms with Gasteiger partial charge in [0.1, 0.15) is 13.1 Å². The van der Waals surface area contributed by atoms with Crippen LogP contribution in [0.3, 0.4) is 0 Å². The summed E-state index contributed by atoms with van der Waals surface area (Å²) in [6, 6.07) is 0. The van der Waals surface area contributed by atoms with Crippen molar-refractivity contribution in [3.63, 3.8) is 0 Å². The second-order valence-corrected chi connectivity index (χ2v) is 32.6. The molecule has 0 aromatic carbocycles. The summed E-state index contributed by atoms with van der Waals surface area (Å²) in [4.78, 5) is 1.77. The molecule has 1 unspecified atom stereocenters. The zero-order valence-electron chi connectivity index (χ0n) is 19.3. The Bertz CT molecular complexity index is 576. The molecular weight excluding hydrogens is 371 g/mol. The largest absolute Gasteiger partial charge is 0.234 e. The maximum atomic E-state index is 2.72. The number of hydrogen-bond acceptors (Lipinski definition) is 1. The van der Waals surface area contributed by atoms with Crippen LogP contribution in [0.15, 0.2) is 10.1 Å². The first-order valence-corrected chi connectivity index (χ1v) is 21.9. The average Bonchev–Trinajstić information content (AvgIpc) is 2.47. The molecule has 0 saturated carbocycles. The molecule has 0 fully saturated rings. The number of thioether (sulfide) groups is 1. The van der Waals surface area contributed by atoms with Crippen LogP contribution >= 0.6 is 11.8 Å². The highest BCUT2D eigenvalue weighted by molar-refractivity contribution is 8.03. The average molecular weight is 415 g/mol. The van der Waals surface area contributed by atoms with E-state index in [2.05, 4.69) is 103 Å². The Labute approximate surface area is 165 Å². The molecule has 0 aromatic rings. The number of hydrogen-bond donors (Lipinski definition) is 0. The normalized spacial score (nSPS) is 22.6. The fraction of sp³-hybridized carbons (Fsp3) is 0.850. The Balaban J connectivity index is 3.87. The van der Waals surface area contributed by atoms with Gasteiger partial charge in [0.05, 0.1) is 20.7 Å². The molecule has 0 aromatic heterocycles. The molecule has 0 amide bonds. The molecule has 0 heterocycles. The predicted molar refractivity (Wildman–Crippen MR) is 129 cm³/mol. The highest BCUT2D eigenvalue weighted by Gasteiger charge is 2.65. The molecule has 1 atom stereocenters.